The smallest absolute Gasteiger partial charge is 0.0794 e. The summed E-state index contributed by atoms with van der Waals surface area (Å²) in [5, 5.41) is 9.12. The fraction of sp³-hybridized carbons (Fsp3) is 0.667. The van der Waals surface area contributed by atoms with Crippen LogP contribution in [0.4, 0.5) is 0 Å². The summed E-state index contributed by atoms with van der Waals surface area (Å²) in [6.07, 6.45) is 5.61. The standard InChI is InChI=1S/C9H16O/c1-3-5-6-8-9(10)7-4-2/h7,9-10H,2-3,5-6,8H2,1H3/t9-/m1/s1. The Balaban J connectivity index is 3.21. The normalized spacial score (nSPS) is 12.2. The summed E-state index contributed by atoms with van der Waals surface area (Å²) in [5.41, 5.74) is 2.57. The number of rotatable bonds is 5. The van der Waals surface area contributed by atoms with Crippen molar-refractivity contribution in [2.24, 2.45) is 0 Å². The average Bonchev–Trinajstić information content (AvgIpc) is 1.89. The number of aliphatic hydroxyl groups excluding tert-OH is 1. The van der Waals surface area contributed by atoms with E-state index in [1.807, 2.05) is 0 Å². The SMILES string of the molecule is C=C=C[C@@H](O)CCCCC. The van der Waals surface area contributed by atoms with Crippen molar-refractivity contribution >= 4 is 0 Å². The van der Waals surface area contributed by atoms with Crippen molar-refractivity contribution in [2.75, 3.05) is 0 Å². The second-order valence-electron chi connectivity index (χ2n) is 2.43. The lowest BCUT2D eigenvalue weighted by molar-refractivity contribution is 0.208. The van der Waals surface area contributed by atoms with E-state index in [2.05, 4.69) is 19.2 Å². The zero-order valence-corrected chi connectivity index (χ0v) is 6.64. The van der Waals surface area contributed by atoms with E-state index in [9.17, 15) is 0 Å². The summed E-state index contributed by atoms with van der Waals surface area (Å²) in [6.45, 7) is 5.54. The largest absolute Gasteiger partial charge is 0.388 e. The first-order valence-corrected chi connectivity index (χ1v) is 3.85. The highest BCUT2D eigenvalue weighted by atomic mass is 16.3. The third-order valence-electron chi connectivity index (χ3n) is 1.41. The lowest BCUT2D eigenvalue weighted by atomic mass is 10.1. The molecule has 0 fully saturated rings. The van der Waals surface area contributed by atoms with E-state index in [0.717, 1.165) is 12.8 Å². The molecule has 1 atom stereocenters. The van der Waals surface area contributed by atoms with Crippen LogP contribution < -0.4 is 0 Å². The summed E-state index contributed by atoms with van der Waals surface area (Å²) in [5.74, 6) is 0. The molecule has 58 valence electrons. The first-order chi connectivity index (χ1) is 4.81. The van der Waals surface area contributed by atoms with Gasteiger partial charge in [0.15, 0.2) is 0 Å². The molecule has 0 spiro atoms. The minimum Gasteiger partial charge on any atom is -0.388 e. The van der Waals surface area contributed by atoms with Crippen LogP contribution in [0.5, 0.6) is 0 Å². The summed E-state index contributed by atoms with van der Waals surface area (Å²) in [6, 6.07) is 0. The van der Waals surface area contributed by atoms with E-state index in [1.54, 1.807) is 6.08 Å². The molecule has 0 amide bonds. The maximum atomic E-state index is 9.12. The van der Waals surface area contributed by atoms with Gasteiger partial charge in [-0.15, -0.1) is 5.73 Å². The number of unbranched alkanes of at least 4 members (excludes halogenated alkanes) is 2. The molecular weight excluding hydrogens is 124 g/mol. The molecule has 0 bridgehead atoms. The highest BCUT2D eigenvalue weighted by Crippen LogP contribution is 2.03. The molecule has 0 aromatic heterocycles. The van der Waals surface area contributed by atoms with Crippen LogP contribution >= 0.6 is 0 Å². The Hall–Kier alpha value is -0.520. The Bertz CT molecular complexity index is 112. The molecule has 0 aliphatic carbocycles. The molecular formula is C9H16O. The highest BCUT2D eigenvalue weighted by molar-refractivity contribution is 4.83. The van der Waals surface area contributed by atoms with Gasteiger partial charge in [0.1, 0.15) is 0 Å². The van der Waals surface area contributed by atoms with Crippen LogP contribution in [0.3, 0.4) is 0 Å². The summed E-state index contributed by atoms with van der Waals surface area (Å²) >= 11 is 0. The molecule has 0 aliphatic heterocycles. The van der Waals surface area contributed by atoms with E-state index in [1.165, 1.54) is 12.8 Å². The Morgan fingerprint density at radius 2 is 2.30 bits per heavy atom. The Kier molecular flexibility index (Phi) is 6.25. The first kappa shape index (κ1) is 9.48. The van der Waals surface area contributed by atoms with Gasteiger partial charge >= 0.3 is 0 Å². The second-order valence-corrected chi connectivity index (χ2v) is 2.43. The minimum absolute atomic E-state index is 0.330. The third-order valence-corrected chi connectivity index (χ3v) is 1.41. The van der Waals surface area contributed by atoms with E-state index in [-0.39, 0.29) is 6.10 Å². The second kappa shape index (κ2) is 6.60. The quantitative estimate of drug-likeness (QED) is 0.459. The van der Waals surface area contributed by atoms with Crippen LogP contribution in [0, 0.1) is 0 Å². The molecule has 0 saturated carbocycles. The van der Waals surface area contributed by atoms with Gasteiger partial charge < -0.3 is 5.11 Å². The van der Waals surface area contributed by atoms with Gasteiger partial charge in [0.2, 0.25) is 0 Å². The average molecular weight is 140 g/mol. The van der Waals surface area contributed by atoms with Crippen LogP contribution in [0.15, 0.2) is 18.4 Å². The van der Waals surface area contributed by atoms with Gasteiger partial charge in [-0.05, 0) is 12.5 Å². The molecule has 0 saturated heterocycles. The van der Waals surface area contributed by atoms with E-state index < -0.39 is 0 Å². The molecule has 1 heteroatoms. The van der Waals surface area contributed by atoms with Gasteiger partial charge in [0.05, 0.1) is 6.10 Å². The van der Waals surface area contributed by atoms with Gasteiger partial charge in [-0.2, -0.15) is 0 Å². The molecule has 10 heavy (non-hydrogen) atoms. The number of aliphatic hydroxyl groups is 1. The topological polar surface area (TPSA) is 20.2 Å². The molecule has 0 radical (unpaired) electrons. The summed E-state index contributed by atoms with van der Waals surface area (Å²) < 4.78 is 0. The van der Waals surface area contributed by atoms with Crippen molar-refractivity contribution in [1.29, 1.82) is 0 Å². The van der Waals surface area contributed by atoms with Gasteiger partial charge in [0, 0.05) is 0 Å². The molecule has 0 aromatic rings. The molecule has 0 unspecified atom stereocenters. The monoisotopic (exact) mass is 140 g/mol. The van der Waals surface area contributed by atoms with Crippen LogP contribution in [0.25, 0.3) is 0 Å². The van der Waals surface area contributed by atoms with Gasteiger partial charge in [0.25, 0.3) is 0 Å². The lowest BCUT2D eigenvalue weighted by Crippen LogP contribution is -2.00. The Labute approximate surface area is 63.1 Å². The fourth-order valence-electron chi connectivity index (χ4n) is 0.823. The van der Waals surface area contributed by atoms with E-state index in [0.29, 0.717) is 0 Å². The zero-order chi connectivity index (χ0) is 7.82. The minimum atomic E-state index is -0.330. The van der Waals surface area contributed by atoms with E-state index >= 15 is 0 Å². The maximum Gasteiger partial charge on any atom is 0.0794 e. The van der Waals surface area contributed by atoms with Crippen LogP contribution in [0.1, 0.15) is 32.6 Å². The maximum absolute atomic E-state index is 9.12. The highest BCUT2D eigenvalue weighted by Gasteiger charge is 1.95. The number of hydrogen-bond donors (Lipinski definition) is 1. The van der Waals surface area contributed by atoms with Crippen LogP contribution in [0.2, 0.25) is 0 Å². The number of hydrogen-bond acceptors (Lipinski definition) is 1. The van der Waals surface area contributed by atoms with Gasteiger partial charge in [-0.1, -0.05) is 32.8 Å². The zero-order valence-electron chi connectivity index (χ0n) is 6.64. The van der Waals surface area contributed by atoms with Crippen LogP contribution in [-0.4, -0.2) is 11.2 Å². The van der Waals surface area contributed by atoms with Crippen molar-refractivity contribution in [3.63, 3.8) is 0 Å². The molecule has 0 heterocycles. The fourth-order valence-corrected chi connectivity index (χ4v) is 0.823. The Morgan fingerprint density at radius 1 is 1.60 bits per heavy atom. The van der Waals surface area contributed by atoms with Gasteiger partial charge in [-0.25, -0.2) is 0 Å². The molecule has 0 aliphatic rings. The van der Waals surface area contributed by atoms with Gasteiger partial charge in [-0.3, -0.25) is 0 Å². The summed E-state index contributed by atoms with van der Waals surface area (Å²) in [7, 11) is 0. The van der Waals surface area contributed by atoms with Crippen molar-refractivity contribution < 1.29 is 5.11 Å². The van der Waals surface area contributed by atoms with Crippen molar-refractivity contribution in [2.45, 2.75) is 38.7 Å². The molecule has 0 rings (SSSR count). The molecule has 1 N–H and O–H groups in total. The molecule has 0 aromatic carbocycles. The predicted molar refractivity (Wildman–Crippen MR) is 43.9 cm³/mol. The molecule has 1 nitrogen and oxygen atoms in total. The predicted octanol–water partition coefficient (Wildman–Crippen LogP) is 2.27. The lowest BCUT2D eigenvalue weighted by Gasteiger charge is -2.01. The first-order valence-electron chi connectivity index (χ1n) is 3.85. The Morgan fingerprint density at radius 3 is 2.80 bits per heavy atom. The van der Waals surface area contributed by atoms with Crippen molar-refractivity contribution in [3.8, 4) is 0 Å². The summed E-state index contributed by atoms with van der Waals surface area (Å²) in [4.78, 5) is 0. The third kappa shape index (κ3) is 5.61. The van der Waals surface area contributed by atoms with E-state index in [4.69, 9.17) is 5.11 Å². The van der Waals surface area contributed by atoms with Crippen molar-refractivity contribution in [3.05, 3.63) is 18.4 Å². The van der Waals surface area contributed by atoms with Crippen LogP contribution in [-0.2, 0) is 0 Å². The van der Waals surface area contributed by atoms with Crippen molar-refractivity contribution in [1.82, 2.24) is 0 Å².